The highest BCUT2D eigenvalue weighted by atomic mass is 35.5. The van der Waals surface area contributed by atoms with Crippen molar-refractivity contribution < 1.29 is 4.79 Å². The van der Waals surface area contributed by atoms with Gasteiger partial charge in [0.1, 0.15) is 5.69 Å². The van der Waals surface area contributed by atoms with E-state index in [1.807, 2.05) is 6.92 Å². The first-order chi connectivity index (χ1) is 7.79. The van der Waals surface area contributed by atoms with Crippen LogP contribution in [0.15, 0.2) is 6.07 Å². The van der Waals surface area contributed by atoms with Gasteiger partial charge in [0.25, 0.3) is 5.91 Å². The molecule has 0 aromatic carbocycles. The summed E-state index contributed by atoms with van der Waals surface area (Å²) in [5.74, 6) is -0.0929. The van der Waals surface area contributed by atoms with Gasteiger partial charge in [0.2, 0.25) is 0 Å². The molecule has 2 rings (SSSR count). The molecule has 1 aliphatic heterocycles. The van der Waals surface area contributed by atoms with Gasteiger partial charge in [-0.2, -0.15) is 5.10 Å². The number of aromatic amines is 1. The molecule has 0 saturated carbocycles. The van der Waals surface area contributed by atoms with Gasteiger partial charge in [-0.05, 0) is 31.9 Å². The predicted octanol–water partition coefficient (Wildman–Crippen LogP) is 0.876. The quantitative estimate of drug-likeness (QED) is 0.751. The Morgan fingerprint density at radius 1 is 1.65 bits per heavy atom. The summed E-state index contributed by atoms with van der Waals surface area (Å²) in [5.41, 5.74) is 1.47. The summed E-state index contributed by atoms with van der Waals surface area (Å²) in [6, 6.07) is 2.23. The highest BCUT2D eigenvalue weighted by Gasteiger charge is 2.16. The van der Waals surface area contributed by atoms with Crippen molar-refractivity contribution in [2.45, 2.75) is 32.2 Å². The van der Waals surface area contributed by atoms with E-state index in [4.69, 9.17) is 0 Å². The van der Waals surface area contributed by atoms with E-state index in [1.165, 1.54) is 6.42 Å². The number of rotatable bonds is 4. The molecule has 1 unspecified atom stereocenters. The van der Waals surface area contributed by atoms with Crippen molar-refractivity contribution in [3.8, 4) is 0 Å². The van der Waals surface area contributed by atoms with Crippen LogP contribution in [0.25, 0.3) is 0 Å². The largest absolute Gasteiger partial charge is 0.349 e. The number of amides is 1. The van der Waals surface area contributed by atoms with Crippen LogP contribution in [0.2, 0.25) is 0 Å². The molecule has 5 nitrogen and oxygen atoms in total. The van der Waals surface area contributed by atoms with Crippen LogP contribution in [0, 0.1) is 0 Å². The maximum absolute atomic E-state index is 11.7. The summed E-state index contributed by atoms with van der Waals surface area (Å²) < 4.78 is 0. The Morgan fingerprint density at radius 3 is 3.06 bits per heavy atom. The van der Waals surface area contributed by atoms with Crippen LogP contribution >= 0.6 is 12.4 Å². The first-order valence-electron chi connectivity index (χ1n) is 5.85. The zero-order valence-corrected chi connectivity index (χ0v) is 10.8. The van der Waals surface area contributed by atoms with Crippen molar-refractivity contribution in [1.29, 1.82) is 0 Å². The van der Waals surface area contributed by atoms with Gasteiger partial charge in [0, 0.05) is 18.3 Å². The van der Waals surface area contributed by atoms with Crippen molar-refractivity contribution in [2.24, 2.45) is 0 Å². The summed E-state index contributed by atoms with van der Waals surface area (Å²) >= 11 is 0. The van der Waals surface area contributed by atoms with E-state index in [1.54, 1.807) is 6.07 Å². The van der Waals surface area contributed by atoms with Gasteiger partial charge in [0.05, 0.1) is 0 Å². The number of carbonyl (C=O) groups excluding carboxylic acids is 1. The van der Waals surface area contributed by atoms with Gasteiger partial charge in [-0.25, -0.2) is 0 Å². The molecular formula is C11H19ClN4O. The minimum atomic E-state index is -0.0929. The summed E-state index contributed by atoms with van der Waals surface area (Å²) in [4.78, 5) is 11.7. The van der Waals surface area contributed by atoms with Gasteiger partial charge < -0.3 is 10.6 Å². The molecule has 0 spiro atoms. The van der Waals surface area contributed by atoms with E-state index in [2.05, 4.69) is 20.8 Å². The molecule has 1 aliphatic rings. The van der Waals surface area contributed by atoms with Crippen molar-refractivity contribution >= 4 is 18.3 Å². The van der Waals surface area contributed by atoms with Gasteiger partial charge in [0.15, 0.2) is 0 Å². The molecule has 1 aromatic heterocycles. The smallest absolute Gasteiger partial charge is 0.271 e. The first-order valence-corrected chi connectivity index (χ1v) is 5.85. The number of aromatic nitrogens is 2. The highest BCUT2D eigenvalue weighted by molar-refractivity contribution is 5.92. The summed E-state index contributed by atoms with van der Waals surface area (Å²) in [6.45, 7) is 3.77. The lowest BCUT2D eigenvalue weighted by atomic mass is 10.2. The normalized spacial score (nSPS) is 18.8. The van der Waals surface area contributed by atoms with Crippen LogP contribution in [0.4, 0.5) is 0 Å². The molecule has 0 bridgehead atoms. The third-order valence-electron chi connectivity index (χ3n) is 2.92. The van der Waals surface area contributed by atoms with E-state index in [9.17, 15) is 4.79 Å². The molecule has 17 heavy (non-hydrogen) atoms. The minimum absolute atomic E-state index is 0. The summed E-state index contributed by atoms with van der Waals surface area (Å²) in [7, 11) is 0. The molecule has 1 atom stereocenters. The molecule has 1 saturated heterocycles. The van der Waals surface area contributed by atoms with E-state index >= 15 is 0 Å². The third-order valence-corrected chi connectivity index (χ3v) is 2.92. The average molecular weight is 259 g/mol. The Bertz CT molecular complexity index is 360. The molecule has 1 fully saturated rings. The van der Waals surface area contributed by atoms with Crippen LogP contribution in [-0.4, -0.2) is 35.2 Å². The fraction of sp³-hybridized carbons (Fsp3) is 0.636. The number of carbonyl (C=O) groups is 1. The Balaban J connectivity index is 0.00000144. The molecule has 6 heteroatoms. The maximum atomic E-state index is 11.7. The Morgan fingerprint density at radius 2 is 2.47 bits per heavy atom. The van der Waals surface area contributed by atoms with Crippen LogP contribution in [0.3, 0.4) is 0 Å². The number of hydrogen-bond donors (Lipinski definition) is 3. The molecule has 0 radical (unpaired) electrons. The van der Waals surface area contributed by atoms with Crippen molar-refractivity contribution in [3.63, 3.8) is 0 Å². The van der Waals surface area contributed by atoms with Crippen LogP contribution in [0.5, 0.6) is 0 Å². The molecule has 2 heterocycles. The highest BCUT2D eigenvalue weighted by Crippen LogP contribution is 2.04. The van der Waals surface area contributed by atoms with Crippen molar-refractivity contribution in [3.05, 3.63) is 17.5 Å². The number of aryl methyl sites for hydroxylation is 1. The van der Waals surface area contributed by atoms with E-state index in [-0.39, 0.29) is 18.3 Å². The topological polar surface area (TPSA) is 69.8 Å². The molecule has 3 N–H and O–H groups in total. The maximum Gasteiger partial charge on any atom is 0.271 e. The zero-order valence-electron chi connectivity index (χ0n) is 9.95. The van der Waals surface area contributed by atoms with Gasteiger partial charge >= 0.3 is 0 Å². The number of hydrogen-bond acceptors (Lipinski definition) is 3. The zero-order chi connectivity index (χ0) is 11.4. The van der Waals surface area contributed by atoms with Crippen LogP contribution in [-0.2, 0) is 6.42 Å². The number of H-pyrrole nitrogens is 1. The van der Waals surface area contributed by atoms with Crippen LogP contribution in [0.1, 0.15) is 35.9 Å². The lowest BCUT2D eigenvalue weighted by Crippen LogP contribution is -2.37. The lowest BCUT2D eigenvalue weighted by molar-refractivity contribution is 0.0945. The SMILES string of the molecule is CCc1cc(C(=O)NCC2CCCN2)n[nH]1.Cl. The number of halogens is 1. The number of nitrogens with one attached hydrogen (secondary N) is 3. The second kappa shape index (κ2) is 6.61. The van der Waals surface area contributed by atoms with E-state index < -0.39 is 0 Å². The fourth-order valence-corrected chi connectivity index (χ4v) is 1.90. The Kier molecular flexibility index (Phi) is 5.44. The van der Waals surface area contributed by atoms with Gasteiger partial charge in [-0.3, -0.25) is 9.89 Å². The Hall–Kier alpha value is -1.07. The first kappa shape index (κ1) is 14.0. The number of nitrogens with zero attached hydrogens (tertiary/aromatic N) is 1. The van der Waals surface area contributed by atoms with Gasteiger partial charge in [-0.15, -0.1) is 12.4 Å². The second-order valence-corrected chi connectivity index (χ2v) is 4.14. The second-order valence-electron chi connectivity index (χ2n) is 4.14. The molecule has 96 valence electrons. The summed E-state index contributed by atoms with van der Waals surface area (Å²) in [6.07, 6.45) is 3.20. The van der Waals surface area contributed by atoms with Crippen molar-refractivity contribution in [1.82, 2.24) is 20.8 Å². The standard InChI is InChI=1S/C11H18N4O.ClH/c1-2-8-6-10(15-14-8)11(16)13-7-9-4-3-5-12-9;/h6,9,12H,2-5,7H2,1H3,(H,13,16)(H,14,15);1H. The predicted molar refractivity (Wildman–Crippen MR) is 68.6 cm³/mol. The average Bonchev–Trinajstić information content (AvgIpc) is 2.96. The molecular weight excluding hydrogens is 240 g/mol. The molecule has 0 aliphatic carbocycles. The van der Waals surface area contributed by atoms with Crippen molar-refractivity contribution in [2.75, 3.05) is 13.1 Å². The molecule has 1 aromatic rings. The lowest BCUT2D eigenvalue weighted by Gasteiger charge is -2.10. The monoisotopic (exact) mass is 258 g/mol. The van der Waals surface area contributed by atoms with E-state index in [0.29, 0.717) is 18.3 Å². The van der Waals surface area contributed by atoms with Gasteiger partial charge in [-0.1, -0.05) is 6.92 Å². The fourth-order valence-electron chi connectivity index (χ4n) is 1.90. The van der Waals surface area contributed by atoms with E-state index in [0.717, 1.165) is 25.1 Å². The van der Waals surface area contributed by atoms with Crippen LogP contribution < -0.4 is 10.6 Å². The minimum Gasteiger partial charge on any atom is -0.349 e. The Labute approximate surface area is 107 Å². The molecule has 1 amide bonds. The summed E-state index contributed by atoms with van der Waals surface area (Å²) in [5, 5.41) is 13.0. The third kappa shape index (κ3) is 3.71.